The molecule has 0 saturated heterocycles. The zero-order valence-corrected chi connectivity index (χ0v) is 11.7. The Labute approximate surface area is 128 Å². The Bertz CT molecular complexity index is 779. The van der Waals surface area contributed by atoms with Gasteiger partial charge >= 0.3 is 0 Å². The van der Waals surface area contributed by atoms with E-state index >= 15 is 0 Å². The minimum atomic E-state index is -2.31. The third-order valence-corrected chi connectivity index (χ3v) is 3.56. The number of primary amides is 1. The third kappa shape index (κ3) is 3.28. The number of anilines is 1. The molecule has 0 fully saturated rings. The number of aromatic nitrogens is 1. The summed E-state index contributed by atoms with van der Waals surface area (Å²) < 4.78 is 65.8. The van der Waals surface area contributed by atoms with Crippen LogP contribution in [0.3, 0.4) is 0 Å². The van der Waals surface area contributed by atoms with Gasteiger partial charge in [0.25, 0.3) is 5.91 Å². The van der Waals surface area contributed by atoms with Gasteiger partial charge in [-0.3, -0.25) is 9.59 Å². The number of rotatable bonds is 4. The highest BCUT2D eigenvalue weighted by atomic mass is 32.1. The number of halogens is 5. The van der Waals surface area contributed by atoms with Crippen molar-refractivity contribution in [1.29, 1.82) is 0 Å². The van der Waals surface area contributed by atoms with E-state index in [1.165, 1.54) is 0 Å². The van der Waals surface area contributed by atoms with Crippen LogP contribution in [0.1, 0.15) is 15.2 Å². The van der Waals surface area contributed by atoms with Gasteiger partial charge in [0.2, 0.25) is 11.7 Å². The minimum absolute atomic E-state index is 0.0107. The van der Waals surface area contributed by atoms with E-state index in [-0.39, 0.29) is 10.0 Å². The zero-order chi connectivity index (χ0) is 17.3. The SMILES string of the molecule is NC(=O)c1cnc(NC(=O)Cc2c(F)c(F)c(F)c(F)c2F)s1. The van der Waals surface area contributed by atoms with Crippen LogP contribution in [-0.4, -0.2) is 16.8 Å². The van der Waals surface area contributed by atoms with Crippen LogP contribution < -0.4 is 11.1 Å². The van der Waals surface area contributed by atoms with Gasteiger partial charge in [0.15, 0.2) is 28.4 Å². The van der Waals surface area contributed by atoms with E-state index in [1.54, 1.807) is 0 Å². The molecule has 2 rings (SSSR count). The third-order valence-electron chi connectivity index (χ3n) is 2.63. The molecule has 0 bridgehead atoms. The van der Waals surface area contributed by atoms with Gasteiger partial charge in [-0.1, -0.05) is 11.3 Å². The molecule has 122 valence electrons. The van der Waals surface area contributed by atoms with Crippen molar-refractivity contribution in [3.05, 3.63) is 45.7 Å². The summed E-state index contributed by atoms with van der Waals surface area (Å²) in [5.41, 5.74) is 3.70. The van der Waals surface area contributed by atoms with Gasteiger partial charge in [0, 0.05) is 5.56 Å². The van der Waals surface area contributed by atoms with Crippen molar-refractivity contribution in [2.45, 2.75) is 6.42 Å². The first kappa shape index (κ1) is 16.8. The smallest absolute Gasteiger partial charge is 0.260 e. The summed E-state index contributed by atoms with van der Waals surface area (Å²) in [6.45, 7) is 0. The Morgan fingerprint density at radius 2 is 1.57 bits per heavy atom. The van der Waals surface area contributed by atoms with Gasteiger partial charge in [-0.15, -0.1) is 0 Å². The Balaban J connectivity index is 2.22. The molecular weight excluding hydrogens is 345 g/mol. The van der Waals surface area contributed by atoms with Crippen LogP contribution in [0, 0.1) is 29.1 Å². The summed E-state index contributed by atoms with van der Waals surface area (Å²) in [7, 11) is 0. The van der Waals surface area contributed by atoms with Crippen LogP contribution in [0.25, 0.3) is 0 Å². The highest BCUT2D eigenvalue weighted by Crippen LogP contribution is 2.24. The number of nitrogens with one attached hydrogen (secondary N) is 1. The monoisotopic (exact) mass is 351 g/mol. The molecule has 1 heterocycles. The molecule has 0 aliphatic carbocycles. The fourth-order valence-corrected chi connectivity index (χ4v) is 2.26. The standard InChI is InChI=1S/C12H6F5N3O2S/c13-6-3(7(14)9(16)10(17)8(6)15)1-5(21)20-12-19-2-4(23-12)11(18)22/h2H,1H2,(H2,18,22)(H,19,20,21). The van der Waals surface area contributed by atoms with E-state index in [4.69, 9.17) is 5.73 Å². The lowest BCUT2D eigenvalue weighted by molar-refractivity contribution is -0.115. The van der Waals surface area contributed by atoms with Crippen molar-refractivity contribution in [3.63, 3.8) is 0 Å². The maximum atomic E-state index is 13.4. The second kappa shape index (κ2) is 6.28. The highest BCUT2D eigenvalue weighted by Gasteiger charge is 2.27. The normalized spacial score (nSPS) is 10.7. The van der Waals surface area contributed by atoms with Crippen molar-refractivity contribution in [3.8, 4) is 0 Å². The van der Waals surface area contributed by atoms with Gasteiger partial charge in [-0.05, 0) is 0 Å². The summed E-state index contributed by atoms with van der Waals surface area (Å²) in [6, 6.07) is 0. The topological polar surface area (TPSA) is 85.1 Å². The summed E-state index contributed by atoms with van der Waals surface area (Å²) in [6.07, 6.45) is -0.0573. The molecule has 11 heteroatoms. The number of amides is 2. The summed E-state index contributed by atoms with van der Waals surface area (Å²) in [5, 5.41) is 1.94. The molecule has 2 aromatic rings. The first-order chi connectivity index (χ1) is 10.7. The van der Waals surface area contributed by atoms with Crippen molar-refractivity contribution >= 4 is 28.3 Å². The molecule has 1 aromatic carbocycles. The van der Waals surface area contributed by atoms with Crippen LogP contribution in [0.2, 0.25) is 0 Å². The first-order valence-electron chi connectivity index (χ1n) is 5.78. The molecule has 1 aromatic heterocycles. The average Bonchev–Trinajstić information content (AvgIpc) is 2.96. The number of hydrogen-bond acceptors (Lipinski definition) is 4. The fourth-order valence-electron chi connectivity index (χ4n) is 1.58. The molecule has 0 aliphatic heterocycles. The predicted molar refractivity (Wildman–Crippen MR) is 69.2 cm³/mol. The molecule has 3 N–H and O–H groups in total. The quantitative estimate of drug-likeness (QED) is 0.503. The van der Waals surface area contributed by atoms with E-state index < -0.39 is 52.9 Å². The van der Waals surface area contributed by atoms with Crippen LogP contribution >= 0.6 is 11.3 Å². The fraction of sp³-hybridized carbons (Fsp3) is 0.0833. The van der Waals surface area contributed by atoms with Crippen LogP contribution in [-0.2, 0) is 11.2 Å². The number of thiazole rings is 1. The number of benzene rings is 1. The van der Waals surface area contributed by atoms with Crippen LogP contribution in [0.5, 0.6) is 0 Å². The molecule has 0 saturated carbocycles. The molecule has 23 heavy (non-hydrogen) atoms. The first-order valence-corrected chi connectivity index (χ1v) is 6.59. The molecule has 0 unspecified atom stereocenters. The minimum Gasteiger partial charge on any atom is -0.365 e. The van der Waals surface area contributed by atoms with E-state index in [0.29, 0.717) is 11.3 Å². The van der Waals surface area contributed by atoms with Crippen molar-refractivity contribution in [2.24, 2.45) is 5.73 Å². The summed E-state index contributed by atoms with van der Waals surface area (Å²) in [4.78, 5) is 26.1. The van der Waals surface area contributed by atoms with Gasteiger partial charge in [-0.2, -0.15) is 0 Å². The maximum absolute atomic E-state index is 13.4. The lowest BCUT2D eigenvalue weighted by Gasteiger charge is -2.07. The highest BCUT2D eigenvalue weighted by molar-refractivity contribution is 7.17. The average molecular weight is 351 g/mol. The molecular formula is C12H6F5N3O2S. The number of carbonyl (C=O) groups excluding carboxylic acids is 2. The lowest BCUT2D eigenvalue weighted by atomic mass is 10.1. The van der Waals surface area contributed by atoms with Crippen molar-refractivity contribution in [1.82, 2.24) is 4.98 Å². The number of hydrogen-bond donors (Lipinski definition) is 2. The van der Waals surface area contributed by atoms with E-state index in [9.17, 15) is 31.5 Å². The Hall–Kier alpha value is -2.56. The molecule has 5 nitrogen and oxygen atoms in total. The van der Waals surface area contributed by atoms with Gasteiger partial charge < -0.3 is 11.1 Å². The van der Waals surface area contributed by atoms with E-state index in [0.717, 1.165) is 6.20 Å². The van der Waals surface area contributed by atoms with Crippen LogP contribution in [0.4, 0.5) is 27.1 Å². The molecule has 2 amide bonds. The van der Waals surface area contributed by atoms with Crippen molar-refractivity contribution < 1.29 is 31.5 Å². The maximum Gasteiger partial charge on any atom is 0.260 e. The van der Waals surface area contributed by atoms with Gasteiger partial charge in [0.1, 0.15) is 4.88 Å². The predicted octanol–water partition coefficient (Wildman–Crippen LogP) is 2.12. The van der Waals surface area contributed by atoms with E-state index in [2.05, 4.69) is 10.3 Å². The largest absolute Gasteiger partial charge is 0.365 e. The molecule has 0 atom stereocenters. The Kier molecular flexibility index (Phi) is 4.59. The second-order valence-corrected chi connectivity index (χ2v) is 5.20. The Morgan fingerprint density at radius 1 is 1.04 bits per heavy atom. The second-order valence-electron chi connectivity index (χ2n) is 4.17. The lowest BCUT2D eigenvalue weighted by Crippen LogP contribution is -2.18. The van der Waals surface area contributed by atoms with E-state index in [1.807, 2.05) is 0 Å². The number of carbonyl (C=O) groups is 2. The molecule has 0 radical (unpaired) electrons. The summed E-state index contributed by atoms with van der Waals surface area (Å²) in [5.74, 6) is -12.7. The molecule has 0 aliphatic rings. The zero-order valence-electron chi connectivity index (χ0n) is 10.9. The van der Waals surface area contributed by atoms with Gasteiger partial charge in [0.05, 0.1) is 12.6 Å². The number of nitrogens with zero attached hydrogens (tertiary/aromatic N) is 1. The Morgan fingerprint density at radius 3 is 2.04 bits per heavy atom. The molecule has 0 spiro atoms. The van der Waals surface area contributed by atoms with Crippen molar-refractivity contribution in [2.75, 3.05) is 5.32 Å². The van der Waals surface area contributed by atoms with Gasteiger partial charge in [-0.25, -0.2) is 26.9 Å². The number of nitrogens with two attached hydrogens (primary N) is 1. The summed E-state index contributed by atoms with van der Waals surface area (Å²) >= 11 is 0.684. The van der Waals surface area contributed by atoms with Crippen LogP contribution in [0.15, 0.2) is 6.20 Å².